The maximum absolute atomic E-state index is 12.6. The number of carbonyl (C=O) groups excluding carboxylic acids is 1. The molecule has 0 saturated carbocycles. The van der Waals surface area contributed by atoms with Crippen LogP contribution in [0.4, 0.5) is 11.4 Å². The number of aromatic nitrogens is 2. The second kappa shape index (κ2) is 9.58. The number of nitrogens with one attached hydrogen (secondary N) is 2. The van der Waals surface area contributed by atoms with E-state index in [1.165, 1.54) is 6.07 Å². The second-order valence-electron chi connectivity index (χ2n) is 6.97. The summed E-state index contributed by atoms with van der Waals surface area (Å²) >= 11 is 0. The van der Waals surface area contributed by atoms with Gasteiger partial charge < -0.3 is 15.2 Å². The van der Waals surface area contributed by atoms with E-state index in [9.17, 15) is 23.3 Å². The van der Waals surface area contributed by atoms with Crippen molar-refractivity contribution >= 4 is 27.3 Å². The summed E-state index contributed by atoms with van der Waals surface area (Å²) in [6.07, 6.45) is 3.44. The molecule has 0 aliphatic heterocycles. The van der Waals surface area contributed by atoms with Crippen LogP contribution in [-0.2, 0) is 21.9 Å². The smallest absolute Gasteiger partial charge is 0.293 e. The van der Waals surface area contributed by atoms with Crippen LogP contribution >= 0.6 is 0 Å². The summed E-state index contributed by atoms with van der Waals surface area (Å²) < 4.78 is 24.7. The molecule has 1 amide bonds. The Bertz CT molecular complexity index is 1230. The Labute approximate surface area is 184 Å². The van der Waals surface area contributed by atoms with Gasteiger partial charge in [0, 0.05) is 38.5 Å². The zero-order valence-electron chi connectivity index (χ0n) is 17.1. The number of hydrogen-bond donors (Lipinski definition) is 3. The first kappa shape index (κ1) is 22.9. The maximum Gasteiger partial charge on any atom is 0.293 e. The van der Waals surface area contributed by atoms with Gasteiger partial charge in [-0.15, -0.1) is 0 Å². The number of carbonyl (C=O) groups is 1. The quantitative estimate of drug-likeness (QED) is 0.324. The Balaban J connectivity index is 1.69. The van der Waals surface area contributed by atoms with E-state index in [1.54, 1.807) is 12.4 Å². The number of primary sulfonamides is 1. The van der Waals surface area contributed by atoms with Gasteiger partial charge in [-0.05, 0) is 17.7 Å². The average Bonchev–Trinajstić information content (AvgIpc) is 3.17. The van der Waals surface area contributed by atoms with Gasteiger partial charge in [0.25, 0.3) is 5.69 Å². The van der Waals surface area contributed by atoms with Crippen molar-refractivity contribution in [2.24, 2.45) is 12.2 Å². The number of nitro groups is 1. The first-order chi connectivity index (χ1) is 15.2. The minimum absolute atomic E-state index is 0.0157. The maximum atomic E-state index is 12.6. The summed E-state index contributed by atoms with van der Waals surface area (Å²) in [4.78, 5) is 27.2. The lowest BCUT2D eigenvalue weighted by Gasteiger charge is -2.19. The Morgan fingerprint density at radius 1 is 1.25 bits per heavy atom. The van der Waals surface area contributed by atoms with Crippen LogP contribution in [-0.4, -0.2) is 35.3 Å². The van der Waals surface area contributed by atoms with E-state index in [0.717, 1.165) is 17.7 Å². The van der Waals surface area contributed by atoms with Crippen molar-refractivity contribution in [3.05, 3.63) is 82.4 Å². The third kappa shape index (κ3) is 5.47. The van der Waals surface area contributed by atoms with Gasteiger partial charge in [-0.1, -0.05) is 30.3 Å². The van der Waals surface area contributed by atoms with Crippen molar-refractivity contribution in [1.29, 1.82) is 0 Å². The largest absolute Gasteiger partial charge is 0.379 e. The number of sulfonamides is 1. The summed E-state index contributed by atoms with van der Waals surface area (Å²) in [7, 11) is -2.25. The number of anilines is 1. The molecular formula is C20H22N6O5S. The molecule has 168 valence electrons. The van der Waals surface area contributed by atoms with E-state index in [0.29, 0.717) is 5.82 Å². The molecule has 4 N–H and O–H groups in total. The fraction of sp³-hybridized carbons (Fsp3) is 0.200. The first-order valence-corrected chi connectivity index (χ1v) is 11.1. The lowest BCUT2D eigenvalue weighted by atomic mass is 10.1. The van der Waals surface area contributed by atoms with Gasteiger partial charge in [0.1, 0.15) is 17.6 Å². The standard InChI is InChI=1S/C20H22N6O5S/c1-25-12-11-23-20(25)19(14-5-3-2-4-6-14)24-18(27)9-10-22-16-8-7-15(32(21,30)31)13-17(16)26(28)29/h2-8,11-13,19,22H,9-10H2,1H3,(H,24,27)(H2,21,30,31). The molecule has 0 radical (unpaired) electrons. The van der Waals surface area contributed by atoms with E-state index in [2.05, 4.69) is 15.6 Å². The van der Waals surface area contributed by atoms with Crippen molar-refractivity contribution < 1.29 is 18.1 Å². The summed E-state index contributed by atoms with van der Waals surface area (Å²) in [6, 6.07) is 12.2. The minimum atomic E-state index is -4.08. The monoisotopic (exact) mass is 458 g/mol. The van der Waals surface area contributed by atoms with Gasteiger partial charge in [-0.2, -0.15) is 0 Å². The van der Waals surface area contributed by atoms with Gasteiger partial charge >= 0.3 is 0 Å². The third-order valence-electron chi connectivity index (χ3n) is 4.72. The molecule has 3 rings (SSSR count). The molecule has 0 fully saturated rings. The SMILES string of the molecule is Cn1ccnc1C(NC(=O)CCNc1ccc(S(N)(=O)=O)cc1[N+](=O)[O-])c1ccccc1. The lowest BCUT2D eigenvalue weighted by molar-refractivity contribution is -0.384. The molecule has 1 atom stereocenters. The number of aryl methyl sites for hydroxylation is 1. The van der Waals surface area contributed by atoms with Crippen molar-refractivity contribution in [3.63, 3.8) is 0 Å². The molecule has 11 nitrogen and oxygen atoms in total. The highest BCUT2D eigenvalue weighted by Crippen LogP contribution is 2.27. The van der Waals surface area contributed by atoms with Crippen LogP contribution in [0.15, 0.2) is 65.8 Å². The van der Waals surface area contributed by atoms with Gasteiger partial charge in [0.2, 0.25) is 15.9 Å². The van der Waals surface area contributed by atoms with Crippen LogP contribution in [0, 0.1) is 10.1 Å². The molecule has 1 unspecified atom stereocenters. The molecule has 12 heteroatoms. The molecule has 3 aromatic rings. The van der Waals surface area contributed by atoms with E-state index in [1.807, 2.05) is 41.9 Å². The number of imidazole rings is 1. The molecule has 1 aromatic heterocycles. The van der Waals surface area contributed by atoms with Crippen molar-refractivity contribution in [3.8, 4) is 0 Å². The molecule has 0 bridgehead atoms. The number of benzene rings is 2. The van der Waals surface area contributed by atoms with Crippen molar-refractivity contribution in [2.75, 3.05) is 11.9 Å². The summed E-state index contributed by atoms with van der Waals surface area (Å²) in [5.74, 6) is 0.366. The molecular weight excluding hydrogens is 436 g/mol. The molecule has 1 heterocycles. The summed E-state index contributed by atoms with van der Waals surface area (Å²) in [6.45, 7) is 0.0868. The fourth-order valence-electron chi connectivity index (χ4n) is 3.13. The fourth-order valence-corrected chi connectivity index (χ4v) is 3.66. The van der Waals surface area contributed by atoms with Crippen LogP contribution < -0.4 is 15.8 Å². The normalized spacial score (nSPS) is 12.2. The highest BCUT2D eigenvalue weighted by Gasteiger charge is 2.21. The highest BCUT2D eigenvalue weighted by atomic mass is 32.2. The Kier molecular flexibility index (Phi) is 6.85. The molecule has 2 aromatic carbocycles. The van der Waals surface area contributed by atoms with Crippen molar-refractivity contribution in [2.45, 2.75) is 17.4 Å². The van der Waals surface area contributed by atoms with Crippen LogP contribution in [0.3, 0.4) is 0 Å². The second-order valence-corrected chi connectivity index (χ2v) is 8.53. The Hall–Kier alpha value is -3.77. The average molecular weight is 459 g/mol. The summed E-state index contributed by atoms with van der Waals surface area (Å²) in [5, 5.41) is 22.1. The number of nitrogens with two attached hydrogens (primary N) is 1. The topological polar surface area (TPSA) is 162 Å². The summed E-state index contributed by atoms with van der Waals surface area (Å²) in [5.41, 5.74) is 0.489. The van der Waals surface area contributed by atoms with Gasteiger partial charge in [-0.3, -0.25) is 14.9 Å². The molecule has 0 saturated heterocycles. The molecule has 0 aliphatic carbocycles. The predicted octanol–water partition coefficient (Wildman–Crippen LogP) is 1.68. The predicted molar refractivity (Wildman–Crippen MR) is 117 cm³/mol. The van der Waals surface area contributed by atoms with Gasteiger partial charge in [-0.25, -0.2) is 18.5 Å². The first-order valence-electron chi connectivity index (χ1n) is 9.53. The number of nitrogens with zero attached hydrogens (tertiary/aromatic N) is 3. The van der Waals surface area contributed by atoms with Crippen LogP contribution in [0.2, 0.25) is 0 Å². The zero-order chi connectivity index (χ0) is 23.3. The van der Waals surface area contributed by atoms with E-state index >= 15 is 0 Å². The lowest BCUT2D eigenvalue weighted by Crippen LogP contribution is -2.32. The highest BCUT2D eigenvalue weighted by molar-refractivity contribution is 7.89. The molecule has 0 aliphatic rings. The Morgan fingerprint density at radius 3 is 2.56 bits per heavy atom. The number of rotatable bonds is 9. The van der Waals surface area contributed by atoms with Crippen molar-refractivity contribution in [1.82, 2.24) is 14.9 Å². The molecule has 0 spiro atoms. The zero-order valence-corrected chi connectivity index (χ0v) is 18.0. The number of nitro benzene ring substituents is 1. The van der Waals surface area contributed by atoms with Gasteiger partial charge in [0.05, 0.1) is 9.82 Å². The molecule has 32 heavy (non-hydrogen) atoms. The number of amides is 1. The van der Waals surface area contributed by atoms with Gasteiger partial charge in [0.15, 0.2) is 0 Å². The van der Waals surface area contributed by atoms with E-state index in [4.69, 9.17) is 5.14 Å². The minimum Gasteiger partial charge on any atom is -0.379 e. The van der Waals surface area contributed by atoms with Crippen LogP contribution in [0.25, 0.3) is 0 Å². The van der Waals surface area contributed by atoms with Crippen LogP contribution in [0.1, 0.15) is 23.9 Å². The third-order valence-corrected chi connectivity index (χ3v) is 5.63. The Morgan fingerprint density at radius 2 is 1.97 bits per heavy atom. The number of hydrogen-bond acceptors (Lipinski definition) is 7. The van der Waals surface area contributed by atoms with Crippen LogP contribution in [0.5, 0.6) is 0 Å². The van der Waals surface area contributed by atoms with E-state index in [-0.39, 0.29) is 29.5 Å². The van der Waals surface area contributed by atoms with E-state index < -0.39 is 26.7 Å².